The molecule has 2 amide bonds. The fourth-order valence-electron chi connectivity index (χ4n) is 3.60. The fourth-order valence-corrected chi connectivity index (χ4v) is 4.60. The third-order valence-corrected chi connectivity index (χ3v) is 6.42. The molecule has 0 atom stereocenters. The van der Waals surface area contributed by atoms with Gasteiger partial charge in [0.05, 0.1) is 29.5 Å². The fraction of sp³-hybridized carbons (Fsp3) is 0.364. The van der Waals surface area contributed by atoms with Crippen LogP contribution in [0.2, 0.25) is 5.02 Å². The number of nitrogens with one attached hydrogen (secondary N) is 1. The van der Waals surface area contributed by atoms with Gasteiger partial charge in [-0.2, -0.15) is 0 Å². The minimum atomic E-state index is -0.221. The number of aromatic nitrogens is 2. The standard InChI is InChI=1S/C22H23ClN4O4S/c23-15-6-7-17-18(12-15)25-22(27(21(17)30)13-16-4-2-11-31-16)32-14-19(28)24-8-3-10-26-9-1-5-20(26)29/h2,4,6-7,11-12H,1,3,5,8-10,13-14H2,(H,24,28). The predicted molar refractivity (Wildman–Crippen MR) is 123 cm³/mol. The minimum Gasteiger partial charge on any atom is -0.467 e. The number of benzene rings is 1. The molecule has 1 fully saturated rings. The molecule has 32 heavy (non-hydrogen) atoms. The van der Waals surface area contributed by atoms with Gasteiger partial charge in [0.25, 0.3) is 5.56 Å². The largest absolute Gasteiger partial charge is 0.467 e. The summed E-state index contributed by atoms with van der Waals surface area (Å²) in [5.74, 6) is 0.751. The van der Waals surface area contributed by atoms with Gasteiger partial charge in [-0.1, -0.05) is 23.4 Å². The van der Waals surface area contributed by atoms with Gasteiger partial charge in [0, 0.05) is 31.1 Å². The zero-order chi connectivity index (χ0) is 22.5. The third kappa shape index (κ3) is 5.34. The Hall–Kier alpha value is -2.78. The van der Waals surface area contributed by atoms with Crippen molar-refractivity contribution in [3.05, 3.63) is 57.7 Å². The van der Waals surface area contributed by atoms with Crippen LogP contribution in [0.1, 0.15) is 25.0 Å². The van der Waals surface area contributed by atoms with Crippen LogP contribution in [0.4, 0.5) is 0 Å². The molecule has 4 rings (SSSR count). The van der Waals surface area contributed by atoms with E-state index in [9.17, 15) is 14.4 Å². The molecule has 2 aromatic heterocycles. The molecule has 0 saturated carbocycles. The van der Waals surface area contributed by atoms with Crippen molar-refractivity contribution in [3.8, 4) is 0 Å². The Bertz CT molecular complexity index is 1180. The zero-order valence-corrected chi connectivity index (χ0v) is 19.0. The molecule has 3 heterocycles. The van der Waals surface area contributed by atoms with Gasteiger partial charge in [-0.15, -0.1) is 0 Å². The molecule has 1 aromatic carbocycles. The second-order valence-corrected chi connectivity index (χ2v) is 8.88. The molecule has 1 aliphatic heterocycles. The molecule has 10 heteroatoms. The van der Waals surface area contributed by atoms with Crippen LogP contribution in [0.5, 0.6) is 0 Å². The van der Waals surface area contributed by atoms with E-state index in [-0.39, 0.29) is 29.7 Å². The molecule has 168 valence electrons. The molecule has 8 nitrogen and oxygen atoms in total. The highest BCUT2D eigenvalue weighted by Crippen LogP contribution is 2.21. The van der Waals surface area contributed by atoms with Crippen LogP contribution in [0.15, 0.2) is 51.0 Å². The van der Waals surface area contributed by atoms with Crippen molar-refractivity contribution in [1.29, 1.82) is 0 Å². The summed E-state index contributed by atoms with van der Waals surface area (Å²) >= 11 is 7.26. The van der Waals surface area contributed by atoms with E-state index >= 15 is 0 Å². The average molecular weight is 475 g/mol. The summed E-state index contributed by atoms with van der Waals surface area (Å²) in [7, 11) is 0. The first kappa shape index (κ1) is 22.4. The topological polar surface area (TPSA) is 97.4 Å². The molecule has 0 aliphatic carbocycles. The number of nitrogens with zero attached hydrogens (tertiary/aromatic N) is 3. The first-order valence-electron chi connectivity index (χ1n) is 10.4. The van der Waals surface area contributed by atoms with Crippen LogP contribution in [0.25, 0.3) is 10.9 Å². The van der Waals surface area contributed by atoms with Crippen molar-refractivity contribution in [2.75, 3.05) is 25.4 Å². The highest BCUT2D eigenvalue weighted by Gasteiger charge is 2.19. The van der Waals surface area contributed by atoms with Crippen molar-refractivity contribution in [2.24, 2.45) is 0 Å². The third-order valence-electron chi connectivity index (χ3n) is 5.21. The summed E-state index contributed by atoms with van der Waals surface area (Å²) in [6, 6.07) is 8.48. The maximum Gasteiger partial charge on any atom is 0.262 e. The number of hydrogen-bond donors (Lipinski definition) is 1. The predicted octanol–water partition coefficient (Wildman–Crippen LogP) is 2.91. The first-order valence-corrected chi connectivity index (χ1v) is 11.8. The van der Waals surface area contributed by atoms with E-state index in [0.29, 0.717) is 52.8 Å². The number of rotatable bonds is 9. The molecular formula is C22H23ClN4O4S. The van der Waals surface area contributed by atoms with Gasteiger partial charge in [0.15, 0.2) is 5.16 Å². The highest BCUT2D eigenvalue weighted by molar-refractivity contribution is 7.99. The minimum absolute atomic E-state index is 0.110. The average Bonchev–Trinajstić information content (AvgIpc) is 3.43. The SMILES string of the molecule is O=C(CSc1nc2cc(Cl)ccc2c(=O)n1Cc1ccco1)NCCCN1CCCC1=O. The highest BCUT2D eigenvalue weighted by atomic mass is 35.5. The molecule has 1 N–H and O–H groups in total. The van der Waals surface area contributed by atoms with Gasteiger partial charge in [-0.25, -0.2) is 4.98 Å². The van der Waals surface area contributed by atoms with E-state index in [4.69, 9.17) is 16.0 Å². The quantitative estimate of drug-likeness (QED) is 0.291. The molecule has 0 unspecified atom stereocenters. The molecular weight excluding hydrogens is 452 g/mol. The lowest BCUT2D eigenvalue weighted by molar-refractivity contribution is -0.127. The van der Waals surface area contributed by atoms with E-state index in [1.807, 2.05) is 4.90 Å². The Labute approximate surface area is 193 Å². The van der Waals surface area contributed by atoms with Crippen LogP contribution in [0, 0.1) is 0 Å². The van der Waals surface area contributed by atoms with Crippen LogP contribution < -0.4 is 10.9 Å². The van der Waals surface area contributed by atoms with E-state index in [2.05, 4.69) is 10.3 Å². The van der Waals surface area contributed by atoms with Crippen LogP contribution >= 0.6 is 23.4 Å². The maximum absolute atomic E-state index is 13.1. The van der Waals surface area contributed by atoms with Crippen LogP contribution in [-0.2, 0) is 16.1 Å². The summed E-state index contributed by atoms with van der Waals surface area (Å²) in [6.45, 7) is 2.16. The maximum atomic E-state index is 13.1. The van der Waals surface area contributed by atoms with E-state index < -0.39 is 0 Å². The van der Waals surface area contributed by atoms with Crippen LogP contribution in [-0.4, -0.2) is 51.7 Å². The smallest absolute Gasteiger partial charge is 0.262 e. The zero-order valence-electron chi connectivity index (χ0n) is 17.4. The number of furan rings is 1. The van der Waals surface area contributed by atoms with Gasteiger partial charge < -0.3 is 14.6 Å². The van der Waals surface area contributed by atoms with Crippen molar-refractivity contribution in [3.63, 3.8) is 0 Å². The summed E-state index contributed by atoms with van der Waals surface area (Å²) < 4.78 is 6.90. The van der Waals surface area contributed by atoms with Gasteiger partial charge in [-0.05, 0) is 43.2 Å². The van der Waals surface area contributed by atoms with Crippen molar-refractivity contribution in [2.45, 2.75) is 31.0 Å². The number of carbonyl (C=O) groups excluding carboxylic acids is 2. The van der Waals surface area contributed by atoms with E-state index in [0.717, 1.165) is 13.0 Å². The van der Waals surface area contributed by atoms with Gasteiger partial charge in [0.1, 0.15) is 5.76 Å². The number of hydrogen-bond acceptors (Lipinski definition) is 6. The number of thioether (sulfide) groups is 1. The second-order valence-electron chi connectivity index (χ2n) is 7.50. The number of halogens is 1. The molecule has 0 spiro atoms. The Morgan fingerprint density at radius 2 is 2.16 bits per heavy atom. The summed E-state index contributed by atoms with van der Waals surface area (Å²) in [6.07, 6.45) is 3.78. The monoisotopic (exact) mass is 474 g/mol. The van der Waals surface area contributed by atoms with Crippen molar-refractivity contribution >= 4 is 46.1 Å². The number of amides is 2. The molecule has 3 aromatic rings. The van der Waals surface area contributed by atoms with Gasteiger partial charge >= 0.3 is 0 Å². The molecule has 1 aliphatic rings. The van der Waals surface area contributed by atoms with E-state index in [1.165, 1.54) is 16.3 Å². The Morgan fingerprint density at radius 3 is 2.91 bits per heavy atom. The molecule has 0 radical (unpaired) electrons. The first-order chi connectivity index (χ1) is 15.5. The summed E-state index contributed by atoms with van der Waals surface area (Å²) in [5.41, 5.74) is 0.262. The number of likely N-dealkylation sites (tertiary alicyclic amines) is 1. The van der Waals surface area contributed by atoms with E-state index in [1.54, 1.807) is 36.6 Å². The molecule has 0 bridgehead atoms. The Balaban J connectivity index is 1.42. The lowest BCUT2D eigenvalue weighted by Crippen LogP contribution is -2.31. The number of fused-ring (bicyclic) bond motifs is 1. The van der Waals surface area contributed by atoms with Crippen molar-refractivity contribution < 1.29 is 14.0 Å². The Kier molecular flexibility index (Phi) is 7.16. The number of carbonyl (C=O) groups is 2. The van der Waals surface area contributed by atoms with Crippen molar-refractivity contribution in [1.82, 2.24) is 19.8 Å². The Morgan fingerprint density at radius 1 is 1.28 bits per heavy atom. The van der Waals surface area contributed by atoms with Gasteiger partial charge in [0.2, 0.25) is 11.8 Å². The van der Waals surface area contributed by atoms with Gasteiger partial charge in [-0.3, -0.25) is 19.0 Å². The summed E-state index contributed by atoms with van der Waals surface area (Å²) in [4.78, 5) is 43.5. The second kappa shape index (κ2) is 10.2. The van der Waals surface area contributed by atoms with Crippen LogP contribution in [0.3, 0.4) is 0 Å². The normalized spacial score (nSPS) is 13.8. The summed E-state index contributed by atoms with van der Waals surface area (Å²) in [5, 5.41) is 4.22. The lowest BCUT2D eigenvalue weighted by atomic mass is 10.2. The lowest BCUT2D eigenvalue weighted by Gasteiger charge is -2.15. The molecule has 1 saturated heterocycles.